The topological polar surface area (TPSA) is 73.3 Å². The number of nitrogens with zero attached hydrogens (tertiary/aromatic N) is 2. The minimum atomic E-state index is -0.404. The molecule has 0 atom stereocenters. The first kappa shape index (κ1) is 18.6. The van der Waals surface area contributed by atoms with Crippen LogP contribution in [-0.2, 0) is 4.74 Å². The van der Waals surface area contributed by atoms with Crippen molar-refractivity contribution < 1.29 is 18.7 Å². The quantitative estimate of drug-likeness (QED) is 0.607. The molecule has 2 heterocycles. The van der Waals surface area contributed by atoms with Gasteiger partial charge < -0.3 is 14.8 Å². The molecule has 0 amide bonds. The molecular formula is C20H20FN3O3S. The molecule has 1 fully saturated rings. The molecule has 3 aromatic rings. The number of fused-ring (bicyclic) bond motifs is 1. The maximum Gasteiger partial charge on any atom is 0.348 e. The van der Waals surface area contributed by atoms with Crippen LogP contribution in [0.4, 0.5) is 15.9 Å². The van der Waals surface area contributed by atoms with E-state index in [-0.39, 0.29) is 11.9 Å². The van der Waals surface area contributed by atoms with Gasteiger partial charge in [0.25, 0.3) is 0 Å². The largest absolute Gasteiger partial charge is 0.488 e. The number of aryl methyl sites for hydroxylation is 1. The molecule has 4 rings (SSSR count). The zero-order chi connectivity index (χ0) is 19.7. The molecule has 1 aliphatic rings. The third-order valence-corrected chi connectivity index (χ3v) is 6.07. The Morgan fingerprint density at radius 3 is 2.82 bits per heavy atom. The molecule has 0 saturated heterocycles. The van der Waals surface area contributed by atoms with Gasteiger partial charge in [-0.15, -0.1) is 11.3 Å². The number of rotatable bonds is 5. The molecule has 2 aromatic heterocycles. The fourth-order valence-corrected chi connectivity index (χ4v) is 4.53. The van der Waals surface area contributed by atoms with Gasteiger partial charge in [0, 0.05) is 6.07 Å². The van der Waals surface area contributed by atoms with Crippen molar-refractivity contribution in [2.75, 3.05) is 12.4 Å². The highest BCUT2D eigenvalue weighted by Crippen LogP contribution is 2.37. The lowest BCUT2D eigenvalue weighted by atomic mass is 10.2. The summed E-state index contributed by atoms with van der Waals surface area (Å²) in [5.74, 6) is 0.237. The van der Waals surface area contributed by atoms with Crippen molar-refractivity contribution in [3.05, 3.63) is 40.8 Å². The molecule has 8 heteroatoms. The molecule has 28 heavy (non-hydrogen) atoms. The maximum atomic E-state index is 13.8. The fraction of sp³-hybridized carbons (Fsp3) is 0.350. The van der Waals surface area contributed by atoms with Gasteiger partial charge in [-0.25, -0.2) is 19.2 Å². The van der Waals surface area contributed by atoms with Crippen LogP contribution >= 0.6 is 11.3 Å². The Balaban J connectivity index is 1.72. The predicted octanol–water partition coefficient (Wildman–Crippen LogP) is 4.99. The van der Waals surface area contributed by atoms with E-state index >= 15 is 0 Å². The van der Waals surface area contributed by atoms with Crippen molar-refractivity contribution in [2.45, 2.75) is 38.7 Å². The van der Waals surface area contributed by atoms with E-state index in [1.54, 1.807) is 6.07 Å². The molecule has 0 unspecified atom stereocenters. The highest BCUT2D eigenvalue weighted by Gasteiger charge is 2.22. The van der Waals surface area contributed by atoms with Gasteiger partial charge in [0.05, 0.1) is 24.3 Å². The van der Waals surface area contributed by atoms with E-state index in [1.807, 2.05) is 6.92 Å². The molecule has 0 bridgehead atoms. The van der Waals surface area contributed by atoms with Crippen LogP contribution in [-0.4, -0.2) is 29.2 Å². The maximum absolute atomic E-state index is 13.8. The summed E-state index contributed by atoms with van der Waals surface area (Å²) in [5, 5.41) is 3.98. The lowest BCUT2D eigenvalue weighted by molar-refractivity contribution is 0.0605. The number of ether oxygens (including phenoxy) is 2. The molecule has 146 valence electrons. The first-order valence-corrected chi connectivity index (χ1v) is 9.94. The van der Waals surface area contributed by atoms with Gasteiger partial charge in [0.1, 0.15) is 33.4 Å². The Morgan fingerprint density at radius 1 is 1.29 bits per heavy atom. The van der Waals surface area contributed by atoms with Gasteiger partial charge in [-0.05, 0) is 50.3 Å². The lowest BCUT2D eigenvalue weighted by Gasteiger charge is -2.17. The van der Waals surface area contributed by atoms with Gasteiger partial charge in [0.2, 0.25) is 0 Å². The van der Waals surface area contributed by atoms with Crippen molar-refractivity contribution in [1.29, 1.82) is 0 Å². The Hall–Kier alpha value is -2.74. The second-order valence-corrected chi connectivity index (χ2v) is 7.74. The van der Waals surface area contributed by atoms with Gasteiger partial charge in [-0.2, -0.15) is 0 Å². The van der Waals surface area contributed by atoms with Crippen LogP contribution in [0.15, 0.2) is 24.5 Å². The van der Waals surface area contributed by atoms with E-state index in [1.165, 1.54) is 36.9 Å². The van der Waals surface area contributed by atoms with Crippen molar-refractivity contribution in [3.63, 3.8) is 0 Å². The Kier molecular flexibility index (Phi) is 5.13. The summed E-state index contributed by atoms with van der Waals surface area (Å²) in [4.78, 5) is 21.8. The number of esters is 1. The average Bonchev–Trinajstić information content (AvgIpc) is 3.32. The minimum Gasteiger partial charge on any atom is -0.488 e. The van der Waals surface area contributed by atoms with Crippen molar-refractivity contribution >= 4 is 39.0 Å². The third kappa shape index (κ3) is 3.52. The molecule has 0 spiro atoms. The van der Waals surface area contributed by atoms with Crippen LogP contribution in [0.25, 0.3) is 10.2 Å². The second kappa shape index (κ2) is 7.71. The first-order chi connectivity index (χ1) is 13.6. The van der Waals surface area contributed by atoms with Crippen LogP contribution in [0.3, 0.4) is 0 Å². The highest BCUT2D eigenvalue weighted by molar-refractivity contribution is 7.20. The fourth-order valence-electron chi connectivity index (χ4n) is 3.46. The van der Waals surface area contributed by atoms with Crippen molar-refractivity contribution in [2.24, 2.45) is 0 Å². The summed E-state index contributed by atoms with van der Waals surface area (Å²) in [7, 11) is 1.35. The molecule has 1 saturated carbocycles. The van der Waals surface area contributed by atoms with Gasteiger partial charge in [0.15, 0.2) is 0 Å². The average molecular weight is 401 g/mol. The van der Waals surface area contributed by atoms with E-state index in [9.17, 15) is 9.18 Å². The number of carbonyl (C=O) groups is 1. The Morgan fingerprint density at radius 2 is 2.07 bits per heavy atom. The standard InChI is InChI=1S/C20H20FN3O3S/c1-11-16-18(22-10-23-19(16)28-17(11)20(25)26-2)24-14-8-7-12(21)9-15(14)27-13-5-3-4-6-13/h7-10,13H,3-6H2,1-2H3,(H,22,23,24). The number of benzene rings is 1. The van der Waals surface area contributed by atoms with E-state index in [0.29, 0.717) is 27.0 Å². The first-order valence-electron chi connectivity index (χ1n) is 9.12. The second-order valence-electron chi connectivity index (χ2n) is 6.74. The summed E-state index contributed by atoms with van der Waals surface area (Å²) >= 11 is 1.26. The third-order valence-electron chi connectivity index (χ3n) is 4.89. The Labute approximate surface area is 165 Å². The summed E-state index contributed by atoms with van der Waals surface area (Å²) in [5.41, 5.74) is 1.37. The van der Waals surface area contributed by atoms with E-state index in [2.05, 4.69) is 15.3 Å². The number of hydrogen-bond acceptors (Lipinski definition) is 7. The van der Waals surface area contributed by atoms with Crippen LogP contribution in [0.1, 0.15) is 40.9 Å². The summed E-state index contributed by atoms with van der Waals surface area (Å²) in [6, 6.07) is 4.40. The molecule has 0 radical (unpaired) electrons. The molecule has 1 aliphatic carbocycles. The number of aromatic nitrogens is 2. The number of anilines is 2. The smallest absolute Gasteiger partial charge is 0.348 e. The summed E-state index contributed by atoms with van der Waals surface area (Å²) < 4.78 is 24.7. The van der Waals surface area contributed by atoms with Crippen LogP contribution in [0, 0.1) is 12.7 Å². The van der Waals surface area contributed by atoms with E-state index in [4.69, 9.17) is 9.47 Å². The van der Waals surface area contributed by atoms with Crippen LogP contribution < -0.4 is 10.1 Å². The van der Waals surface area contributed by atoms with Gasteiger partial charge >= 0.3 is 5.97 Å². The number of halogens is 1. The van der Waals surface area contributed by atoms with Crippen LogP contribution in [0.2, 0.25) is 0 Å². The number of thiophene rings is 1. The summed E-state index contributed by atoms with van der Waals surface area (Å²) in [6.45, 7) is 1.83. The van der Waals surface area contributed by atoms with E-state index < -0.39 is 5.97 Å². The van der Waals surface area contributed by atoms with E-state index in [0.717, 1.165) is 36.6 Å². The number of carbonyl (C=O) groups excluding carboxylic acids is 1. The minimum absolute atomic E-state index is 0.0987. The van der Waals surface area contributed by atoms with Crippen molar-refractivity contribution in [3.8, 4) is 5.75 Å². The SMILES string of the molecule is COC(=O)c1sc2ncnc(Nc3ccc(F)cc3OC3CCCC3)c2c1C. The highest BCUT2D eigenvalue weighted by atomic mass is 32.1. The number of nitrogens with one attached hydrogen (secondary N) is 1. The molecule has 0 aliphatic heterocycles. The van der Waals surface area contributed by atoms with Gasteiger partial charge in [-0.1, -0.05) is 0 Å². The monoisotopic (exact) mass is 401 g/mol. The van der Waals surface area contributed by atoms with Crippen LogP contribution in [0.5, 0.6) is 5.75 Å². The lowest BCUT2D eigenvalue weighted by Crippen LogP contribution is -2.12. The van der Waals surface area contributed by atoms with Gasteiger partial charge in [-0.3, -0.25) is 0 Å². The summed E-state index contributed by atoms with van der Waals surface area (Å²) in [6.07, 6.45) is 5.73. The molecule has 1 N–H and O–H groups in total. The number of methoxy groups -OCH3 is 1. The normalized spacial score (nSPS) is 14.4. The molecule has 1 aromatic carbocycles. The zero-order valence-corrected chi connectivity index (χ0v) is 16.4. The molecular weight excluding hydrogens is 381 g/mol. The number of hydrogen-bond donors (Lipinski definition) is 1. The predicted molar refractivity (Wildman–Crippen MR) is 106 cm³/mol. The zero-order valence-electron chi connectivity index (χ0n) is 15.6. The molecule has 6 nitrogen and oxygen atoms in total. The Bertz CT molecular complexity index is 1030. The van der Waals surface area contributed by atoms with Crippen molar-refractivity contribution in [1.82, 2.24) is 9.97 Å².